The van der Waals surface area contributed by atoms with Gasteiger partial charge in [-0.15, -0.1) is 0 Å². The Morgan fingerprint density at radius 1 is 1.26 bits per heavy atom. The number of carbonyl (C=O) groups is 1. The first-order chi connectivity index (χ1) is 9.26. The summed E-state index contributed by atoms with van der Waals surface area (Å²) in [5, 5.41) is 5.43. The Hall–Kier alpha value is -1.07. The monoisotopic (exact) mass is 270 g/mol. The van der Waals surface area contributed by atoms with Crippen molar-refractivity contribution < 1.29 is 14.3 Å². The van der Waals surface area contributed by atoms with Gasteiger partial charge < -0.3 is 20.1 Å². The quantitative estimate of drug-likeness (QED) is 0.666. The second-order valence-corrected chi connectivity index (χ2v) is 4.60. The van der Waals surface area contributed by atoms with Crippen molar-refractivity contribution in [2.75, 3.05) is 19.8 Å². The van der Waals surface area contributed by atoms with Gasteiger partial charge in [-0.05, 0) is 32.6 Å². The van der Waals surface area contributed by atoms with Crippen molar-refractivity contribution in [1.82, 2.24) is 10.6 Å². The van der Waals surface area contributed by atoms with Gasteiger partial charge in [0.2, 0.25) is 0 Å². The Labute approximate surface area is 115 Å². The molecule has 2 N–H and O–H groups in total. The largest absolute Gasteiger partial charge is 0.351 e. The lowest BCUT2D eigenvalue weighted by atomic mass is 10.1. The number of rotatable bonds is 8. The molecule has 0 unspecified atom stereocenters. The molecule has 1 aliphatic carbocycles. The number of urea groups is 1. The summed E-state index contributed by atoms with van der Waals surface area (Å²) in [6.45, 7) is 5.28. The maximum atomic E-state index is 11.5. The van der Waals surface area contributed by atoms with Crippen LogP contribution in [-0.2, 0) is 9.47 Å². The summed E-state index contributed by atoms with van der Waals surface area (Å²) in [5.41, 5.74) is 0. The van der Waals surface area contributed by atoms with Crippen molar-refractivity contribution >= 4 is 6.03 Å². The molecule has 0 saturated heterocycles. The number of nitrogens with one attached hydrogen (secondary N) is 2. The topological polar surface area (TPSA) is 59.6 Å². The van der Waals surface area contributed by atoms with E-state index >= 15 is 0 Å². The van der Waals surface area contributed by atoms with Crippen LogP contribution < -0.4 is 10.6 Å². The van der Waals surface area contributed by atoms with Crippen LogP contribution in [-0.4, -0.2) is 32.1 Å². The summed E-state index contributed by atoms with van der Waals surface area (Å²) in [4.78, 5) is 11.5. The number of hydrogen-bond acceptors (Lipinski definition) is 3. The van der Waals surface area contributed by atoms with Gasteiger partial charge in [0.1, 0.15) is 0 Å². The second kappa shape index (κ2) is 9.81. The summed E-state index contributed by atoms with van der Waals surface area (Å²) in [6, 6.07) is -0.223. The molecule has 0 aromatic carbocycles. The first-order valence-corrected chi connectivity index (χ1v) is 7.20. The van der Waals surface area contributed by atoms with E-state index in [4.69, 9.17) is 9.47 Å². The Morgan fingerprint density at radius 3 is 2.47 bits per heavy atom. The maximum absolute atomic E-state index is 11.5. The fourth-order valence-corrected chi connectivity index (χ4v) is 2.17. The predicted molar refractivity (Wildman–Crippen MR) is 74.7 cm³/mol. The first-order valence-electron chi connectivity index (χ1n) is 7.20. The molecule has 1 saturated carbocycles. The molecule has 0 radical (unpaired) electrons. The first kappa shape index (κ1) is 16.0. The van der Waals surface area contributed by atoms with E-state index in [0.717, 1.165) is 0 Å². The van der Waals surface area contributed by atoms with E-state index in [2.05, 4.69) is 16.7 Å². The van der Waals surface area contributed by atoms with Crippen LogP contribution in [0.4, 0.5) is 4.79 Å². The van der Waals surface area contributed by atoms with Gasteiger partial charge in [-0.1, -0.05) is 18.9 Å². The highest BCUT2D eigenvalue weighted by molar-refractivity contribution is 5.74. The second-order valence-electron chi connectivity index (χ2n) is 4.60. The lowest BCUT2D eigenvalue weighted by Gasteiger charge is -2.17. The number of amides is 2. The SMILES string of the molecule is CCOC(CNC(=O)N/C=C/C1CCCC1)OCC. The van der Waals surface area contributed by atoms with E-state index in [9.17, 15) is 4.79 Å². The van der Waals surface area contributed by atoms with E-state index in [-0.39, 0.29) is 12.3 Å². The highest BCUT2D eigenvalue weighted by Crippen LogP contribution is 2.25. The number of carbonyl (C=O) groups excluding carboxylic acids is 1. The highest BCUT2D eigenvalue weighted by atomic mass is 16.7. The zero-order chi connectivity index (χ0) is 13.9. The van der Waals surface area contributed by atoms with Gasteiger partial charge >= 0.3 is 6.03 Å². The molecule has 0 spiro atoms. The van der Waals surface area contributed by atoms with Gasteiger partial charge in [0, 0.05) is 19.4 Å². The molecule has 1 aliphatic rings. The van der Waals surface area contributed by atoms with Crippen LogP contribution in [0.3, 0.4) is 0 Å². The van der Waals surface area contributed by atoms with Gasteiger partial charge in [-0.2, -0.15) is 0 Å². The fourth-order valence-electron chi connectivity index (χ4n) is 2.17. The average Bonchev–Trinajstić information content (AvgIpc) is 2.90. The molecule has 0 bridgehead atoms. The third kappa shape index (κ3) is 7.18. The fraction of sp³-hybridized carbons (Fsp3) is 0.786. The van der Waals surface area contributed by atoms with Crippen LogP contribution in [0, 0.1) is 5.92 Å². The molecule has 0 atom stereocenters. The van der Waals surface area contributed by atoms with Crippen LogP contribution in [0.25, 0.3) is 0 Å². The Bertz CT molecular complexity index is 270. The van der Waals surface area contributed by atoms with Gasteiger partial charge in [0.25, 0.3) is 0 Å². The molecule has 1 fully saturated rings. The van der Waals surface area contributed by atoms with Gasteiger partial charge in [-0.25, -0.2) is 4.79 Å². The van der Waals surface area contributed by atoms with Gasteiger partial charge in [0.05, 0.1) is 6.54 Å². The number of ether oxygens (including phenoxy) is 2. The molecule has 0 aromatic rings. The standard InChI is InChI=1S/C14H26N2O3/c1-3-18-13(19-4-2)11-16-14(17)15-10-9-12-7-5-6-8-12/h9-10,12-13H,3-8,11H2,1-2H3,(H2,15,16,17)/b10-9+. The summed E-state index contributed by atoms with van der Waals surface area (Å²) in [5.74, 6) is 0.625. The summed E-state index contributed by atoms with van der Waals surface area (Å²) >= 11 is 0. The third-order valence-electron chi connectivity index (χ3n) is 3.12. The lowest BCUT2D eigenvalue weighted by Crippen LogP contribution is -2.39. The van der Waals surface area contributed by atoms with Crippen LogP contribution in [0.2, 0.25) is 0 Å². The lowest BCUT2D eigenvalue weighted by molar-refractivity contribution is -0.131. The van der Waals surface area contributed by atoms with Crippen LogP contribution in [0.5, 0.6) is 0 Å². The smallest absolute Gasteiger partial charge is 0.318 e. The third-order valence-corrected chi connectivity index (χ3v) is 3.12. The number of allylic oxidation sites excluding steroid dienone is 1. The molecule has 0 aromatic heterocycles. The summed E-state index contributed by atoms with van der Waals surface area (Å²) in [6.07, 6.45) is 8.50. The van der Waals surface area contributed by atoms with E-state index < -0.39 is 0 Å². The molecule has 0 heterocycles. The molecule has 5 nitrogen and oxygen atoms in total. The van der Waals surface area contributed by atoms with E-state index in [1.54, 1.807) is 6.20 Å². The molecule has 2 amide bonds. The van der Waals surface area contributed by atoms with Crippen molar-refractivity contribution in [3.8, 4) is 0 Å². The van der Waals surface area contributed by atoms with Gasteiger partial charge in [0.15, 0.2) is 6.29 Å². The minimum absolute atomic E-state index is 0.223. The van der Waals surface area contributed by atoms with Crippen molar-refractivity contribution in [2.45, 2.75) is 45.8 Å². The van der Waals surface area contributed by atoms with Crippen molar-refractivity contribution in [2.24, 2.45) is 5.92 Å². The molecule has 1 rings (SSSR count). The summed E-state index contributed by atoms with van der Waals surface area (Å²) in [7, 11) is 0. The zero-order valence-corrected chi connectivity index (χ0v) is 12.0. The maximum Gasteiger partial charge on any atom is 0.318 e. The molecular formula is C14H26N2O3. The van der Waals surface area contributed by atoms with E-state index in [0.29, 0.717) is 25.7 Å². The Kier molecular flexibility index (Phi) is 8.25. The molecular weight excluding hydrogens is 244 g/mol. The zero-order valence-electron chi connectivity index (χ0n) is 12.0. The number of hydrogen-bond donors (Lipinski definition) is 2. The van der Waals surface area contributed by atoms with Crippen LogP contribution in [0.1, 0.15) is 39.5 Å². The van der Waals surface area contributed by atoms with Gasteiger partial charge in [-0.3, -0.25) is 0 Å². The Morgan fingerprint density at radius 2 is 1.89 bits per heavy atom. The summed E-state index contributed by atoms with van der Waals surface area (Å²) < 4.78 is 10.7. The molecule has 5 heteroatoms. The normalized spacial score (nSPS) is 16.4. The van der Waals surface area contributed by atoms with Crippen molar-refractivity contribution in [3.63, 3.8) is 0 Å². The molecule has 19 heavy (non-hydrogen) atoms. The van der Waals surface area contributed by atoms with E-state index in [1.807, 2.05) is 13.8 Å². The minimum Gasteiger partial charge on any atom is -0.351 e. The minimum atomic E-state index is -0.375. The molecule has 0 aliphatic heterocycles. The average molecular weight is 270 g/mol. The predicted octanol–water partition coefficient (Wildman–Crippen LogP) is 2.39. The van der Waals surface area contributed by atoms with Crippen LogP contribution >= 0.6 is 0 Å². The van der Waals surface area contributed by atoms with Crippen LogP contribution in [0.15, 0.2) is 12.3 Å². The van der Waals surface area contributed by atoms with Crippen molar-refractivity contribution in [1.29, 1.82) is 0 Å². The highest BCUT2D eigenvalue weighted by Gasteiger charge is 2.11. The van der Waals surface area contributed by atoms with E-state index in [1.165, 1.54) is 25.7 Å². The van der Waals surface area contributed by atoms with Crippen molar-refractivity contribution in [3.05, 3.63) is 12.3 Å². The molecule has 110 valence electrons. The Balaban J connectivity index is 2.14.